The Balaban J connectivity index is 2.15. The van der Waals surface area contributed by atoms with Gasteiger partial charge in [-0.2, -0.15) is 0 Å². The highest BCUT2D eigenvalue weighted by molar-refractivity contribution is 5.51. The van der Waals surface area contributed by atoms with Crippen LogP contribution in [0.25, 0.3) is 0 Å². The van der Waals surface area contributed by atoms with Gasteiger partial charge in [-0.25, -0.2) is 0 Å². The van der Waals surface area contributed by atoms with E-state index in [0.29, 0.717) is 0 Å². The summed E-state index contributed by atoms with van der Waals surface area (Å²) >= 11 is 0. The summed E-state index contributed by atoms with van der Waals surface area (Å²) in [5, 5.41) is 23.3. The van der Waals surface area contributed by atoms with Gasteiger partial charge in [-0.1, -0.05) is 25.1 Å². The molecule has 0 aliphatic heterocycles. The molecule has 0 saturated carbocycles. The Morgan fingerprint density at radius 1 is 1.37 bits per heavy atom. The van der Waals surface area contributed by atoms with Crippen LogP contribution in [0.5, 0.6) is 0 Å². The molecule has 2 aromatic rings. The fourth-order valence-electron chi connectivity index (χ4n) is 1.78. The van der Waals surface area contributed by atoms with Gasteiger partial charge in [-0.05, 0) is 24.1 Å². The molecule has 0 fully saturated rings. The van der Waals surface area contributed by atoms with Crippen LogP contribution in [0.1, 0.15) is 24.5 Å². The third kappa shape index (κ3) is 2.92. The van der Waals surface area contributed by atoms with E-state index >= 15 is 0 Å². The van der Waals surface area contributed by atoms with Crippen LogP contribution < -0.4 is 5.32 Å². The van der Waals surface area contributed by atoms with Gasteiger partial charge < -0.3 is 14.8 Å². The number of nitrogens with one attached hydrogen (secondary N) is 1. The summed E-state index contributed by atoms with van der Waals surface area (Å²) in [6, 6.07) is 10.1. The molecule has 0 bridgehead atoms. The number of rotatable bonds is 5. The van der Waals surface area contributed by atoms with E-state index in [1.54, 1.807) is 0 Å². The number of aliphatic hydroxyl groups is 1. The molecule has 0 spiro atoms. The van der Waals surface area contributed by atoms with E-state index in [2.05, 4.69) is 5.32 Å². The lowest BCUT2D eigenvalue weighted by atomic mass is 10.1. The highest BCUT2D eigenvalue weighted by Crippen LogP contribution is 2.25. The van der Waals surface area contributed by atoms with Crippen molar-refractivity contribution in [3.63, 3.8) is 0 Å². The largest absolute Gasteiger partial charge is 0.433 e. The topological polar surface area (TPSA) is 88.5 Å². The van der Waals surface area contributed by atoms with Crippen LogP contribution in [0.2, 0.25) is 0 Å². The third-order valence-corrected chi connectivity index (χ3v) is 2.75. The summed E-state index contributed by atoms with van der Waals surface area (Å²) in [5.74, 6) is -0.280. The van der Waals surface area contributed by atoms with Crippen LogP contribution in [-0.4, -0.2) is 10.0 Å². The number of nitro groups is 1. The standard InChI is InChI=1S/C13H14N2O4/c1-2-9-5-3-4-6-10(9)14-13(16)11-7-8-12(19-11)15(17)18/h3-8,13-14,16H,2H2,1H3. The molecule has 1 atom stereocenters. The number of aryl methyl sites for hydroxylation is 1. The van der Waals surface area contributed by atoms with Gasteiger partial charge in [0.1, 0.15) is 4.92 Å². The van der Waals surface area contributed by atoms with Crippen LogP contribution >= 0.6 is 0 Å². The van der Waals surface area contributed by atoms with Gasteiger partial charge in [0.15, 0.2) is 12.0 Å². The van der Waals surface area contributed by atoms with Crippen LogP contribution in [0.3, 0.4) is 0 Å². The molecule has 100 valence electrons. The second-order valence-corrected chi connectivity index (χ2v) is 3.99. The quantitative estimate of drug-likeness (QED) is 0.491. The Morgan fingerprint density at radius 3 is 2.74 bits per heavy atom. The minimum atomic E-state index is -1.12. The number of furan rings is 1. The summed E-state index contributed by atoms with van der Waals surface area (Å²) in [5.41, 5.74) is 1.82. The molecule has 0 aliphatic carbocycles. The van der Waals surface area contributed by atoms with Gasteiger partial charge in [-0.3, -0.25) is 10.1 Å². The Bertz CT molecular complexity index is 580. The molecular weight excluding hydrogens is 248 g/mol. The molecule has 1 aromatic heterocycles. The average molecular weight is 262 g/mol. The molecule has 1 unspecified atom stereocenters. The lowest BCUT2D eigenvalue weighted by Crippen LogP contribution is -2.10. The lowest BCUT2D eigenvalue weighted by Gasteiger charge is -2.14. The first-order valence-electron chi connectivity index (χ1n) is 5.88. The van der Waals surface area contributed by atoms with Gasteiger partial charge in [-0.15, -0.1) is 0 Å². The van der Waals surface area contributed by atoms with Crippen LogP contribution in [0, 0.1) is 10.1 Å². The number of benzene rings is 1. The number of hydrogen-bond donors (Lipinski definition) is 2. The first-order valence-corrected chi connectivity index (χ1v) is 5.88. The van der Waals surface area contributed by atoms with Crippen molar-refractivity contribution in [3.05, 3.63) is 57.8 Å². The van der Waals surface area contributed by atoms with Crippen LogP contribution in [0.15, 0.2) is 40.8 Å². The molecule has 0 aliphatic rings. The summed E-state index contributed by atoms with van der Waals surface area (Å²) in [4.78, 5) is 9.86. The molecule has 6 heteroatoms. The maximum Gasteiger partial charge on any atom is 0.433 e. The minimum absolute atomic E-state index is 0.109. The predicted octanol–water partition coefficient (Wildman–Crippen LogP) is 2.85. The highest BCUT2D eigenvalue weighted by atomic mass is 16.6. The Kier molecular flexibility index (Phi) is 3.82. The first kappa shape index (κ1) is 13.1. The van der Waals surface area contributed by atoms with Crippen molar-refractivity contribution in [2.24, 2.45) is 0 Å². The van der Waals surface area contributed by atoms with Crippen molar-refractivity contribution in [3.8, 4) is 0 Å². The van der Waals surface area contributed by atoms with E-state index in [4.69, 9.17) is 4.42 Å². The Morgan fingerprint density at radius 2 is 2.11 bits per heavy atom. The van der Waals surface area contributed by atoms with Crippen molar-refractivity contribution in [1.82, 2.24) is 0 Å². The first-order chi connectivity index (χ1) is 9.11. The third-order valence-electron chi connectivity index (χ3n) is 2.75. The summed E-state index contributed by atoms with van der Waals surface area (Å²) in [6.07, 6.45) is -0.310. The zero-order valence-corrected chi connectivity index (χ0v) is 10.4. The number of aliphatic hydroxyl groups excluding tert-OH is 1. The van der Waals surface area contributed by atoms with Crippen LogP contribution in [0.4, 0.5) is 11.6 Å². The molecule has 0 amide bonds. The maximum atomic E-state index is 10.5. The molecule has 1 aromatic carbocycles. The SMILES string of the molecule is CCc1ccccc1NC(O)c1ccc([N+](=O)[O-])o1. The lowest BCUT2D eigenvalue weighted by molar-refractivity contribution is -0.402. The number of hydrogen-bond acceptors (Lipinski definition) is 5. The molecule has 1 heterocycles. The zero-order chi connectivity index (χ0) is 13.8. The monoisotopic (exact) mass is 262 g/mol. The predicted molar refractivity (Wildman–Crippen MR) is 69.8 cm³/mol. The van der Waals surface area contributed by atoms with Crippen molar-refractivity contribution in [2.75, 3.05) is 5.32 Å². The van der Waals surface area contributed by atoms with E-state index < -0.39 is 11.2 Å². The molecule has 2 rings (SSSR count). The van der Waals surface area contributed by atoms with Gasteiger partial charge in [0.25, 0.3) is 0 Å². The van der Waals surface area contributed by atoms with E-state index in [9.17, 15) is 15.2 Å². The van der Waals surface area contributed by atoms with Gasteiger partial charge in [0, 0.05) is 5.69 Å². The smallest absolute Gasteiger partial charge is 0.401 e. The summed E-state index contributed by atoms with van der Waals surface area (Å²) < 4.78 is 4.94. The highest BCUT2D eigenvalue weighted by Gasteiger charge is 2.18. The fourth-order valence-corrected chi connectivity index (χ4v) is 1.78. The van der Waals surface area contributed by atoms with E-state index in [-0.39, 0.29) is 11.6 Å². The van der Waals surface area contributed by atoms with Crippen molar-refractivity contribution >= 4 is 11.6 Å². The van der Waals surface area contributed by atoms with E-state index in [1.165, 1.54) is 12.1 Å². The van der Waals surface area contributed by atoms with Gasteiger partial charge in [0.2, 0.25) is 0 Å². The van der Waals surface area contributed by atoms with Crippen molar-refractivity contribution < 1.29 is 14.4 Å². The van der Waals surface area contributed by atoms with Crippen molar-refractivity contribution in [1.29, 1.82) is 0 Å². The summed E-state index contributed by atoms with van der Waals surface area (Å²) in [7, 11) is 0. The normalized spacial score (nSPS) is 12.1. The fraction of sp³-hybridized carbons (Fsp3) is 0.231. The van der Waals surface area contributed by atoms with Gasteiger partial charge >= 0.3 is 5.88 Å². The second-order valence-electron chi connectivity index (χ2n) is 3.99. The maximum absolute atomic E-state index is 10.5. The molecule has 0 saturated heterocycles. The average Bonchev–Trinajstić information content (AvgIpc) is 2.89. The van der Waals surface area contributed by atoms with Crippen molar-refractivity contribution in [2.45, 2.75) is 19.6 Å². The Hall–Kier alpha value is -2.34. The molecule has 6 nitrogen and oxygen atoms in total. The number of para-hydroxylation sites is 1. The second kappa shape index (κ2) is 5.53. The number of anilines is 1. The van der Waals surface area contributed by atoms with E-state index in [0.717, 1.165) is 17.7 Å². The molecule has 2 N–H and O–H groups in total. The molecule has 0 radical (unpaired) electrons. The number of nitrogens with zero attached hydrogens (tertiary/aromatic N) is 1. The Labute approximate surface area is 109 Å². The van der Waals surface area contributed by atoms with Crippen LogP contribution in [-0.2, 0) is 6.42 Å². The molecule has 19 heavy (non-hydrogen) atoms. The van der Waals surface area contributed by atoms with E-state index in [1.807, 2.05) is 31.2 Å². The summed E-state index contributed by atoms with van der Waals surface area (Å²) in [6.45, 7) is 2.00. The molecular formula is C13H14N2O4. The zero-order valence-electron chi connectivity index (χ0n) is 10.4. The minimum Gasteiger partial charge on any atom is -0.401 e. The van der Waals surface area contributed by atoms with Gasteiger partial charge in [0.05, 0.1) is 6.07 Å².